The number of amides is 3. The van der Waals surface area contributed by atoms with Crippen molar-refractivity contribution in [2.24, 2.45) is 0 Å². The van der Waals surface area contributed by atoms with Gasteiger partial charge in [0.2, 0.25) is 5.91 Å². The van der Waals surface area contributed by atoms with E-state index in [1.54, 1.807) is 30.3 Å². The predicted octanol–water partition coefficient (Wildman–Crippen LogP) is 3.57. The Labute approximate surface area is 222 Å². The van der Waals surface area contributed by atoms with Crippen LogP contribution in [0.1, 0.15) is 16.9 Å². The second kappa shape index (κ2) is 11.4. The Kier molecular flexibility index (Phi) is 8.08. The Hall–Kier alpha value is -4.22. The number of carbonyl (C=O) groups excluding carboxylic acids is 3. The number of rotatable bonds is 6. The molecule has 0 aliphatic carbocycles. The van der Waals surface area contributed by atoms with Gasteiger partial charge < -0.3 is 19.7 Å². The topological polar surface area (TPSA) is 110 Å². The zero-order chi connectivity index (χ0) is 27.4. The third-order valence-electron chi connectivity index (χ3n) is 6.11. The number of aromatic nitrogens is 1. The first-order valence-electron chi connectivity index (χ1n) is 11.5. The molecule has 2 atom stereocenters. The molecule has 10 nitrogen and oxygen atoms in total. The van der Waals surface area contributed by atoms with Crippen molar-refractivity contribution in [3.63, 3.8) is 0 Å². The van der Waals surface area contributed by atoms with E-state index in [0.717, 1.165) is 22.2 Å². The number of methoxy groups -OCH3 is 2. The van der Waals surface area contributed by atoms with Gasteiger partial charge in [-0.15, -0.1) is 0 Å². The van der Waals surface area contributed by atoms with Crippen molar-refractivity contribution in [2.45, 2.75) is 18.6 Å². The number of hydrogen-bond acceptors (Lipinski definition) is 6. The van der Waals surface area contributed by atoms with Crippen LogP contribution in [0.5, 0.6) is 0 Å². The first-order chi connectivity index (χ1) is 18.2. The summed E-state index contributed by atoms with van der Waals surface area (Å²) in [6, 6.07) is 14.5. The second-order valence-corrected chi connectivity index (χ2v) is 8.73. The molecule has 3 amide bonds. The van der Waals surface area contributed by atoms with Crippen LogP contribution in [-0.2, 0) is 14.3 Å². The lowest BCUT2D eigenvalue weighted by molar-refractivity contribution is -0.119. The van der Waals surface area contributed by atoms with Crippen LogP contribution in [0.4, 0.5) is 20.6 Å². The maximum Gasteiger partial charge on any atom is 0.355 e. The minimum absolute atomic E-state index is 0.0595. The smallest absolute Gasteiger partial charge is 0.355 e. The Bertz CT molecular complexity index is 1420. The van der Waals surface area contributed by atoms with Crippen molar-refractivity contribution in [3.8, 4) is 5.69 Å². The summed E-state index contributed by atoms with van der Waals surface area (Å²) >= 11 is 6.27. The van der Waals surface area contributed by atoms with Gasteiger partial charge >= 0.3 is 12.0 Å². The maximum atomic E-state index is 15.1. The van der Waals surface area contributed by atoms with Gasteiger partial charge in [0, 0.05) is 44.0 Å². The van der Waals surface area contributed by atoms with Gasteiger partial charge in [-0.1, -0.05) is 24.3 Å². The van der Waals surface area contributed by atoms with Crippen LogP contribution in [0.3, 0.4) is 0 Å². The molecular formula is C26H24ClFN4O6. The molecule has 0 spiro atoms. The van der Waals surface area contributed by atoms with E-state index in [-0.39, 0.29) is 30.0 Å². The van der Waals surface area contributed by atoms with Crippen molar-refractivity contribution >= 4 is 41.1 Å². The summed E-state index contributed by atoms with van der Waals surface area (Å²) < 4.78 is 27.1. The molecule has 1 aliphatic rings. The number of carbonyl (C=O) groups is 3. The van der Waals surface area contributed by atoms with Crippen molar-refractivity contribution < 1.29 is 28.2 Å². The van der Waals surface area contributed by atoms with E-state index in [2.05, 4.69) is 5.32 Å². The van der Waals surface area contributed by atoms with Gasteiger partial charge in [0.05, 0.1) is 30.3 Å². The highest BCUT2D eigenvalue weighted by Crippen LogP contribution is 2.27. The molecule has 3 aromatic rings. The zero-order valence-electron chi connectivity index (χ0n) is 20.5. The van der Waals surface area contributed by atoms with E-state index in [4.69, 9.17) is 21.3 Å². The van der Waals surface area contributed by atoms with Crippen molar-refractivity contribution in [2.75, 3.05) is 30.5 Å². The van der Waals surface area contributed by atoms with Crippen LogP contribution in [0.2, 0.25) is 0 Å². The van der Waals surface area contributed by atoms with Crippen LogP contribution in [0.25, 0.3) is 5.69 Å². The highest BCUT2D eigenvalue weighted by atomic mass is 35.5. The number of para-hydroxylation sites is 1. The molecule has 12 heteroatoms. The van der Waals surface area contributed by atoms with Crippen molar-refractivity contribution in [1.29, 1.82) is 0 Å². The summed E-state index contributed by atoms with van der Waals surface area (Å²) in [7, 11) is 2.63. The van der Waals surface area contributed by atoms with E-state index in [1.807, 2.05) is 0 Å². The first kappa shape index (κ1) is 26.8. The lowest BCUT2D eigenvalue weighted by Gasteiger charge is -2.27. The molecule has 1 aromatic heterocycles. The number of hydrogen-bond donors (Lipinski definition) is 1. The molecular weight excluding hydrogens is 519 g/mol. The molecule has 0 bridgehead atoms. The van der Waals surface area contributed by atoms with Gasteiger partial charge in [0.15, 0.2) is 0 Å². The Morgan fingerprint density at radius 1 is 1.05 bits per heavy atom. The number of urea groups is 1. The molecule has 0 radical (unpaired) electrons. The van der Waals surface area contributed by atoms with Gasteiger partial charge in [-0.25, -0.2) is 18.4 Å². The van der Waals surface area contributed by atoms with Gasteiger partial charge in [0.1, 0.15) is 17.6 Å². The van der Waals surface area contributed by atoms with E-state index in [0.29, 0.717) is 5.69 Å². The minimum atomic E-state index is -0.987. The summed E-state index contributed by atoms with van der Waals surface area (Å²) in [5.41, 5.74) is -0.362. The number of benzene rings is 2. The lowest BCUT2D eigenvalue weighted by Crippen LogP contribution is -2.47. The monoisotopic (exact) mass is 542 g/mol. The fraction of sp³-hybridized carbons (Fsp3) is 0.231. The van der Waals surface area contributed by atoms with Crippen molar-refractivity contribution in [3.05, 3.63) is 88.6 Å². The van der Waals surface area contributed by atoms with Gasteiger partial charge in [-0.2, -0.15) is 0 Å². The van der Waals surface area contributed by atoms with E-state index < -0.39 is 41.4 Å². The summed E-state index contributed by atoms with van der Waals surface area (Å²) in [5.74, 6) is -2.28. The van der Waals surface area contributed by atoms with Crippen LogP contribution >= 0.6 is 11.8 Å². The molecule has 38 heavy (non-hydrogen) atoms. The molecule has 2 aromatic carbocycles. The summed E-state index contributed by atoms with van der Waals surface area (Å²) in [4.78, 5) is 52.1. The molecule has 0 saturated carbocycles. The molecule has 2 heterocycles. The normalized spacial score (nSPS) is 16.7. The molecule has 198 valence electrons. The quantitative estimate of drug-likeness (QED) is 0.377. The van der Waals surface area contributed by atoms with Crippen LogP contribution in [0.15, 0.2) is 71.5 Å². The fourth-order valence-electron chi connectivity index (χ4n) is 4.19. The number of ether oxygens (including phenoxy) is 2. The second-order valence-electron chi connectivity index (χ2n) is 8.39. The van der Waals surface area contributed by atoms with E-state index in [1.165, 1.54) is 42.3 Å². The number of likely N-dealkylation sites (tertiary alicyclic amines) is 1. The SMILES string of the molecule is COC(=O)c1cccc(=O)n1-c1ccc(NC(=O)C2CC(OC)CN2C(=O)N(Cl)c2ccccc2)c(F)c1. The molecule has 1 N–H and O–H groups in total. The largest absolute Gasteiger partial charge is 0.464 e. The number of nitrogens with one attached hydrogen (secondary N) is 1. The average Bonchev–Trinajstić information content (AvgIpc) is 3.38. The average molecular weight is 543 g/mol. The molecule has 2 unspecified atom stereocenters. The predicted molar refractivity (Wildman–Crippen MR) is 138 cm³/mol. The maximum absolute atomic E-state index is 15.1. The van der Waals surface area contributed by atoms with E-state index >= 15 is 4.39 Å². The summed E-state index contributed by atoms with van der Waals surface area (Å²) in [5, 5.41) is 2.50. The molecule has 1 aliphatic heterocycles. The summed E-state index contributed by atoms with van der Waals surface area (Å²) in [6.07, 6.45) is -0.251. The first-order valence-corrected chi connectivity index (χ1v) is 11.8. The zero-order valence-corrected chi connectivity index (χ0v) is 21.2. The van der Waals surface area contributed by atoms with Gasteiger partial charge in [-0.3, -0.25) is 14.2 Å². The van der Waals surface area contributed by atoms with Gasteiger partial charge in [-0.05, 0) is 30.3 Å². The third kappa shape index (κ3) is 5.38. The Morgan fingerprint density at radius 3 is 2.45 bits per heavy atom. The van der Waals surface area contributed by atoms with Crippen LogP contribution in [-0.4, -0.2) is 60.3 Å². The van der Waals surface area contributed by atoms with Crippen molar-refractivity contribution in [1.82, 2.24) is 9.47 Å². The standard InChI is InChI=1S/C26H24ClFN4O6/c1-37-18-14-22(30(15-18)26(36)32(27)16-7-4-3-5-8-16)24(34)29-20-12-11-17(13-19(20)28)31-21(25(35)38-2)9-6-10-23(31)33/h3-13,18,22H,14-15H2,1-2H3,(H,29,34). The Balaban J connectivity index is 1.57. The minimum Gasteiger partial charge on any atom is -0.464 e. The molecule has 4 rings (SSSR count). The molecule has 1 saturated heterocycles. The molecule has 1 fully saturated rings. The number of pyridine rings is 1. The highest BCUT2D eigenvalue weighted by molar-refractivity contribution is 6.36. The number of esters is 1. The Morgan fingerprint density at radius 2 is 1.79 bits per heavy atom. The number of nitrogens with zero attached hydrogens (tertiary/aromatic N) is 3. The fourth-order valence-corrected chi connectivity index (χ4v) is 4.40. The van der Waals surface area contributed by atoms with E-state index in [9.17, 15) is 19.2 Å². The lowest BCUT2D eigenvalue weighted by atomic mass is 10.1. The van der Waals surface area contributed by atoms with Crippen LogP contribution in [0, 0.1) is 5.82 Å². The third-order valence-corrected chi connectivity index (χ3v) is 6.45. The highest BCUT2D eigenvalue weighted by Gasteiger charge is 2.41. The van der Waals surface area contributed by atoms with Crippen LogP contribution < -0.4 is 15.3 Å². The number of anilines is 2. The summed E-state index contributed by atoms with van der Waals surface area (Å²) in [6.45, 7) is 0.109. The van der Waals surface area contributed by atoms with Gasteiger partial charge in [0.25, 0.3) is 5.56 Å². The number of halogens is 2.